The zero-order chi connectivity index (χ0) is 18.7. The molecule has 0 aliphatic carbocycles. The number of carboxylic acid groups (broad SMARTS) is 1. The molecule has 0 saturated heterocycles. The van der Waals surface area contributed by atoms with Gasteiger partial charge in [0.05, 0.1) is 12.7 Å². The van der Waals surface area contributed by atoms with Crippen LogP contribution in [0.2, 0.25) is 0 Å². The highest BCUT2D eigenvalue weighted by Gasteiger charge is 2.27. The van der Waals surface area contributed by atoms with Gasteiger partial charge in [-0.15, -0.1) is 0 Å². The Hall–Kier alpha value is -3.41. The highest BCUT2D eigenvalue weighted by atomic mass is 16.5. The summed E-state index contributed by atoms with van der Waals surface area (Å²) < 4.78 is 6.64. The molecule has 0 fully saturated rings. The number of hydrogen-bond acceptors (Lipinski definition) is 4. The van der Waals surface area contributed by atoms with Gasteiger partial charge in [0, 0.05) is 18.0 Å². The van der Waals surface area contributed by atoms with Crippen LogP contribution in [0.25, 0.3) is 11.4 Å². The van der Waals surface area contributed by atoms with Gasteiger partial charge in [0.2, 0.25) is 0 Å². The minimum Gasteiger partial charge on any atom is -0.478 e. The average Bonchev–Trinajstić information content (AvgIpc) is 3.11. The third-order valence-electron chi connectivity index (χ3n) is 4.13. The second kappa shape index (κ2) is 7.23. The standard InChI is InChI=1S/C20H18N2O4/c1-13-6-5-7-14(12-13)17(20(25)26-2)22-11-10-21-18(22)15-8-3-4-9-16(15)19(23)24/h3-12,17H,1-2H3,(H,23,24)/t17-/m1/s1. The van der Waals surface area contributed by atoms with Crippen LogP contribution in [0.3, 0.4) is 0 Å². The predicted molar refractivity (Wildman–Crippen MR) is 96.0 cm³/mol. The molecule has 3 rings (SSSR count). The summed E-state index contributed by atoms with van der Waals surface area (Å²) in [6.45, 7) is 1.94. The van der Waals surface area contributed by atoms with Crippen molar-refractivity contribution in [2.75, 3.05) is 7.11 Å². The Morgan fingerprint density at radius 3 is 2.62 bits per heavy atom. The van der Waals surface area contributed by atoms with Crippen molar-refractivity contribution in [1.29, 1.82) is 0 Å². The van der Waals surface area contributed by atoms with Crippen molar-refractivity contribution < 1.29 is 19.4 Å². The highest BCUT2D eigenvalue weighted by Crippen LogP contribution is 2.29. The van der Waals surface area contributed by atoms with Crippen molar-refractivity contribution in [3.8, 4) is 11.4 Å². The summed E-state index contributed by atoms with van der Waals surface area (Å²) in [4.78, 5) is 28.4. The van der Waals surface area contributed by atoms with E-state index in [2.05, 4.69) is 4.98 Å². The molecule has 0 spiro atoms. The normalized spacial score (nSPS) is 11.8. The number of carbonyl (C=O) groups excluding carboxylic acids is 1. The van der Waals surface area contributed by atoms with Gasteiger partial charge in [0.15, 0.2) is 6.04 Å². The quantitative estimate of drug-likeness (QED) is 0.714. The van der Waals surface area contributed by atoms with E-state index in [4.69, 9.17) is 4.74 Å². The fourth-order valence-corrected chi connectivity index (χ4v) is 2.96. The third-order valence-corrected chi connectivity index (χ3v) is 4.13. The van der Waals surface area contributed by atoms with Gasteiger partial charge in [-0.25, -0.2) is 14.6 Å². The number of carboxylic acids is 1. The number of imidazole rings is 1. The summed E-state index contributed by atoms with van der Waals surface area (Å²) in [6, 6.07) is 13.3. The number of aromatic nitrogens is 2. The predicted octanol–water partition coefficient (Wildman–Crippen LogP) is 3.32. The van der Waals surface area contributed by atoms with E-state index in [1.54, 1.807) is 35.2 Å². The second-order valence-corrected chi connectivity index (χ2v) is 5.85. The van der Waals surface area contributed by atoms with Crippen molar-refractivity contribution >= 4 is 11.9 Å². The molecule has 0 saturated carbocycles. The number of hydrogen-bond donors (Lipinski definition) is 1. The molecule has 26 heavy (non-hydrogen) atoms. The first-order valence-electron chi connectivity index (χ1n) is 8.03. The van der Waals surface area contributed by atoms with Gasteiger partial charge in [-0.05, 0) is 18.6 Å². The summed E-state index contributed by atoms with van der Waals surface area (Å²) in [5, 5.41) is 9.47. The average molecular weight is 350 g/mol. The fourth-order valence-electron chi connectivity index (χ4n) is 2.96. The molecule has 1 atom stereocenters. The molecule has 0 radical (unpaired) electrons. The Morgan fingerprint density at radius 1 is 1.15 bits per heavy atom. The molecule has 1 N–H and O–H groups in total. The van der Waals surface area contributed by atoms with E-state index in [9.17, 15) is 14.7 Å². The SMILES string of the molecule is COC(=O)[C@@H](c1cccc(C)c1)n1ccnc1-c1ccccc1C(=O)O. The van der Waals surface area contributed by atoms with Crippen molar-refractivity contribution in [2.24, 2.45) is 0 Å². The summed E-state index contributed by atoms with van der Waals surface area (Å²) in [5.74, 6) is -1.12. The number of aryl methyl sites for hydroxylation is 1. The van der Waals surface area contributed by atoms with E-state index in [1.807, 2.05) is 31.2 Å². The number of methoxy groups -OCH3 is 1. The molecule has 6 heteroatoms. The van der Waals surface area contributed by atoms with Gasteiger partial charge in [-0.3, -0.25) is 0 Å². The molecule has 132 valence electrons. The summed E-state index contributed by atoms with van der Waals surface area (Å²) >= 11 is 0. The molecule has 6 nitrogen and oxygen atoms in total. The maximum absolute atomic E-state index is 12.5. The molecular weight excluding hydrogens is 332 g/mol. The molecule has 1 heterocycles. The van der Waals surface area contributed by atoms with Crippen molar-refractivity contribution in [2.45, 2.75) is 13.0 Å². The van der Waals surface area contributed by atoms with Crippen LogP contribution in [0.1, 0.15) is 27.5 Å². The van der Waals surface area contributed by atoms with Crippen LogP contribution in [0.4, 0.5) is 0 Å². The monoisotopic (exact) mass is 350 g/mol. The van der Waals surface area contributed by atoms with Gasteiger partial charge in [-0.1, -0.05) is 48.0 Å². The van der Waals surface area contributed by atoms with Gasteiger partial charge in [-0.2, -0.15) is 0 Å². The molecule has 1 aromatic heterocycles. The molecule has 3 aromatic rings. The Kier molecular flexibility index (Phi) is 4.84. The fraction of sp³-hybridized carbons (Fsp3) is 0.150. The van der Waals surface area contributed by atoms with Crippen LogP contribution in [0.15, 0.2) is 60.9 Å². The zero-order valence-corrected chi connectivity index (χ0v) is 14.4. The maximum atomic E-state index is 12.5. The first-order chi connectivity index (χ1) is 12.5. The van der Waals surface area contributed by atoms with Crippen molar-refractivity contribution in [1.82, 2.24) is 9.55 Å². The number of esters is 1. The summed E-state index contributed by atoms with van der Waals surface area (Å²) in [6.07, 6.45) is 3.19. The Labute approximate surface area is 150 Å². The third kappa shape index (κ3) is 3.21. The highest BCUT2D eigenvalue weighted by molar-refractivity contribution is 5.95. The lowest BCUT2D eigenvalue weighted by molar-refractivity contribution is -0.143. The topological polar surface area (TPSA) is 81.4 Å². The number of aromatic carboxylic acids is 1. The Bertz CT molecular complexity index is 962. The zero-order valence-electron chi connectivity index (χ0n) is 14.4. The maximum Gasteiger partial charge on any atom is 0.336 e. The summed E-state index contributed by atoms with van der Waals surface area (Å²) in [7, 11) is 1.33. The number of carbonyl (C=O) groups is 2. The number of benzene rings is 2. The number of ether oxygens (including phenoxy) is 1. The largest absolute Gasteiger partial charge is 0.478 e. The lowest BCUT2D eigenvalue weighted by Crippen LogP contribution is -2.23. The van der Waals surface area contributed by atoms with Gasteiger partial charge < -0.3 is 14.4 Å². The van der Waals surface area contributed by atoms with Crippen LogP contribution >= 0.6 is 0 Å². The second-order valence-electron chi connectivity index (χ2n) is 5.85. The smallest absolute Gasteiger partial charge is 0.336 e. The van der Waals surface area contributed by atoms with E-state index < -0.39 is 18.0 Å². The first-order valence-corrected chi connectivity index (χ1v) is 8.03. The van der Waals surface area contributed by atoms with E-state index in [1.165, 1.54) is 13.2 Å². The summed E-state index contributed by atoms with van der Waals surface area (Å²) in [5.41, 5.74) is 2.30. The minimum absolute atomic E-state index is 0.118. The van der Waals surface area contributed by atoms with E-state index in [0.29, 0.717) is 11.4 Å². The number of nitrogens with zero attached hydrogens (tertiary/aromatic N) is 2. The van der Waals surface area contributed by atoms with E-state index >= 15 is 0 Å². The van der Waals surface area contributed by atoms with Crippen LogP contribution in [-0.2, 0) is 9.53 Å². The first kappa shape index (κ1) is 17.4. The van der Waals surface area contributed by atoms with Crippen LogP contribution in [0.5, 0.6) is 0 Å². The van der Waals surface area contributed by atoms with Gasteiger partial charge in [0.1, 0.15) is 5.82 Å². The van der Waals surface area contributed by atoms with E-state index in [-0.39, 0.29) is 5.56 Å². The van der Waals surface area contributed by atoms with E-state index in [0.717, 1.165) is 11.1 Å². The Morgan fingerprint density at radius 2 is 1.92 bits per heavy atom. The van der Waals surface area contributed by atoms with Crippen LogP contribution in [0, 0.1) is 6.92 Å². The lowest BCUT2D eigenvalue weighted by Gasteiger charge is -2.20. The number of rotatable bonds is 5. The van der Waals surface area contributed by atoms with Gasteiger partial charge in [0.25, 0.3) is 0 Å². The Balaban J connectivity index is 2.19. The molecule has 2 aromatic carbocycles. The molecule has 0 aliphatic rings. The van der Waals surface area contributed by atoms with Crippen LogP contribution < -0.4 is 0 Å². The van der Waals surface area contributed by atoms with Gasteiger partial charge >= 0.3 is 11.9 Å². The van der Waals surface area contributed by atoms with Crippen molar-refractivity contribution in [3.63, 3.8) is 0 Å². The molecule has 0 unspecified atom stereocenters. The molecular formula is C20H18N2O4. The molecule has 0 amide bonds. The molecule has 0 bridgehead atoms. The molecule has 0 aliphatic heterocycles. The minimum atomic E-state index is -1.06. The van der Waals surface area contributed by atoms with Crippen molar-refractivity contribution in [3.05, 3.63) is 77.6 Å². The lowest BCUT2D eigenvalue weighted by atomic mass is 10.0. The van der Waals surface area contributed by atoms with Crippen LogP contribution in [-0.4, -0.2) is 33.7 Å².